The monoisotopic (exact) mass is 452 g/mol. The molecule has 0 aliphatic heterocycles. The molecule has 2 atom stereocenters. The first kappa shape index (κ1) is 23.6. The minimum atomic E-state index is -0.783. The van der Waals surface area contributed by atoms with Crippen molar-refractivity contribution in [3.63, 3.8) is 0 Å². The van der Waals surface area contributed by atoms with E-state index in [1.165, 1.54) is 0 Å². The Bertz CT molecular complexity index is 1030. The van der Waals surface area contributed by atoms with Crippen molar-refractivity contribution in [2.45, 2.75) is 50.5 Å². The summed E-state index contributed by atoms with van der Waals surface area (Å²) in [6.07, 6.45) is 12.2. The quantitative estimate of drug-likeness (QED) is 0.400. The van der Waals surface area contributed by atoms with Gasteiger partial charge in [-0.15, -0.1) is 0 Å². The molecule has 2 aliphatic rings. The lowest BCUT2D eigenvalue weighted by Crippen LogP contribution is -2.17. The van der Waals surface area contributed by atoms with Crippen molar-refractivity contribution in [2.75, 3.05) is 7.11 Å². The van der Waals surface area contributed by atoms with E-state index in [0.29, 0.717) is 17.0 Å². The number of hydrogen-bond acceptors (Lipinski definition) is 1. The van der Waals surface area contributed by atoms with Crippen LogP contribution >= 0.6 is 0 Å². The van der Waals surface area contributed by atoms with E-state index >= 15 is 4.39 Å². The van der Waals surface area contributed by atoms with Gasteiger partial charge in [0, 0.05) is 18.6 Å². The number of hydrogen-bond donors (Lipinski definition) is 0. The predicted molar refractivity (Wildman–Crippen MR) is 128 cm³/mol. The number of benzene rings is 2. The summed E-state index contributed by atoms with van der Waals surface area (Å²) in [6.45, 7) is 3.72. The van der Waals surface area contributed by atoms with Gasteiger partial charge in [0.25, 0.3) is 0 Å². The molecule has 0 N–H and O–H groups in total. The van der Waals surface area contributed by atoms with E-state index in [1.807, 2.05) is 18.2 Å². The third kappa shape index (κ3) is 5.33. The minimum absolute atomic E-state index is 0.00937. The van der Waals surface area contributed by atoms with Crippen LogP contribution in [0.2, 0.25) is 0 Å². The lowest BCUT2D eigenvalue weighted by atomic mass is 9.77. The Kier molecular flexibility index (Phi) is 7.54. The third-order valence-electron chi connectivity index (χ3n) is 7.16. The molecular weight excluding hydrogens is 421 g/mol. The number of rotatable bonds is 6. The molecule has 0 spiro atoms. The van der Waals surface area contributed by atoms with Gasteiger partial charge in [-0.05, 0) is 73.1 Å². The predicted octanol–water partition coefficient (Wildman–Crippen LogP) is 8.38. The fraction of sp³-hybridized carbons (Fsp3) is 0.379. The fourth-order valence-corrected chi connectivity index (χ4v) is 5.06. The second-order valence-electron chi connectivity index (χ2n) is 9.16. The molecule has 4 heteroatoms. The Morgan fingerprint density at radius 3 is 2.21 bits per heavy atom. The molecule has 0 bridgehead atoms. The van der Waals surface area contributed by atoms with Crippen LogP contribution in [0.1, 0.15) is 55.6 Å². The van der Waals surface area contributed by atoms with E-state index in [2.05, 4.69) is 12.7 Å². The zero-order valence-electron chi connectivity index (χ0n) is 19.1. The molecule has 2 aromatic carbocycles. The Balaban J connectivity index is 1.39. The molecule has 1 fully saturated rings. The number of halogens is 3. The van der Waals surface area contributed by atoms with Crippen molar-refractivity contribution in [3.05, 3.63) is 89.8 Å². The topological polar surface area (TPSA) is 9.23 Å². The second kappa shape index (κ2) is 10.6. The molecule has 0 amide bonds. The second-order valence-corrected chi connectivity index (χ2v) is 9.16. The first-order valence-electron chi connectivity index (χ1n) is 11.8. The van der Waals surface area contributed by atoms with Crippen LogP contribution < -0.4 is 0 Å². The van der Waals surface area contributed by atoms with Crippen molar-refractivity contribution >= 4 is 6.08 Å². The highest BCUT2D eigenvalue weighted by atomic mass is 19.2. The van der Waals surface area contributed by atoms with Crippen LogP contribution in [0.15, 0.2) is 67.0 Å². The zero-order chi connectivity index (χ0) is 23.4. The van der Waals surface area contributed by atoms with Gasteiger partial charge in [0.1, 0.15) is 5.83 Å². The van der Waals surface area contributed by atoms with Gasteiger partial charge in [0.15, 0.2) is 11.6 Å². The molecule has 0 saturated heterocycles. The van der Waals surface area contributed by atoms with E-state index in [-0.39, 0.29) is 29.3 Å². The maximum atomic E-state index is 15.0. The largest absolute Gasteiger partial charge is 0.377 e. The van der Waals surface area contributed by atoms with Crippen LogP contribution in [0.4, 0.5) is 13.2 Å². The number of methoxy groups -OCH3 is 1. The fourth-order valence-electron chi connectivity index (χ4n) is 5.06. The summed E-state index contributed by atoms with van der Waals surface area (Å²) >= 11 is 0. The number of allylic oxidation sites excluding steroid dienone is 3. The Morgan fingerprint density at radius 1 is 0.848 bits per heavy atom. The summed E-state index contributed by atoms with van der Waals surface area (Å²) in [6, 6.07) is 10.7. The van der Waals surface area contributed by atoms with Crippen molar-refractivity contribution in [2.24, 2.45) is 11.8 Å². The first-order chi connectivity index (χ1) is 16.0. The van der Waals surface area contributed by atoms with Crippen LogP contribution in [0, 0.1) is 23.5 Å². The van der Waals surface area contributed by atoms with Gasteiger partial charge < -0.3 is 4.74 Å². The van der Waals surface area contributed by atoms with Gasteiger partial charge in [0.2, 0.25) is 0 Å². The maximum absolute atomic E-state index is 15.0. The van der Waals surface area contributed by atoms with E-state index < -0.39 is 11.6 Å². The van der Waals surface area contributed by atoms with Gasteiger partial charge in [-0.25, -0.2) is 13.2 Å². The Morgan fingerprint density at radius 2 is 1.58 bits per heavy atom. The molecule has 2 aliphatic carbocycles. The van der Waals surface area contributed by atoms with Crippen molar-refractivity contribution < 1.29 is 17.9 Å². The molecule has 0 heterocycles. The molecule has 1 nitrogen and oxygen atoms in total. The highest BCUT2D eigenvalue weighted by Gasteiger charge is 2.27. The summed E-state index contributed by atoms with van der Waals surface area (Å²) in [4.78, 5) is 0. The molecule has 4 rings (SSSR count). The Labute approximate surface area is 194 Å². The first-order valence-corrected chi connectivity index (χ1v) is 11.8. The van der Waals surface area contributed by atoms with Gasteiger partial charge in [-0.1, -0.05) is 61.2 Å². The molecule has 33 heavy (non-hydrogen) atoms. The van der Waals surface area contributed by atoms with Crippen LogP contribution in [0.3, 0.4) is 0 Å². The summed E-state index contributed by atoms with van der Waals surface area (Å²) in [7, 11) is 1.60. The Hall–Kier alpha value is -2.59. The highest BCUT2D eigenvalue weighted by Crippen LogP contribution is 2.40. The summed E-state index contributed by atoms with van der Waals surface area (Å²) in [5.74, 6) is -1.44. The summed E-state index contributed by atoms with van der Waals surface area (Å²) < 4.78 is 49.4. The smallest absolute Gasteiger partial charge is 0.166 e. The normalized spacial score (nSPS) is 25.8. The van der Waals surface area contributed by atoms with Crippen LogP contribution in [-0.4, -0.2) is 13.2 Å². The van der Waals surface area contributed by atoms with Gasteiger partial charge in [0.05, 0.1) is 6.10 Å². The van der Waals surface area contributed by atoms with E-state index in [0.717, 1.165) is 44.1 Å². The lowest BCUT2D eigenvalue weighted by Gasteiger charge is -2.28. The van der Waals surface area contributed by atoms with Crippen molar-refractivity contribution in [1.82, 2.24) is 0 Å². The average Bonchev–Trinajstić information content (AvgIpc) is 2.85. The summed E-state index contributed by atoms with van der Waals surface area (Å²) in [5, 5.41) is 0. The van der Waals surface area contributed by atoms with Crippen molar-refractivity contribution in [3.8, 4) is 11.1 Å². The molecule has 0 aromatic heterocycles. The standard InChI is InChI=1S/C29H31F3O/c1-3-19-4-9-21(10-5-19)25-16-17-26(29(32)28(25)31)22-11-6-20(7-12-22)8-13-23-14-15-24(33-2)18-27(23)30/h3-5,8-10,13,16-18,20,22-24H,1,6-7,11-12,14-15H2,2H3/b13-8+. The SMILES string of the molecule is C=Cc1ccc(-c2ccc(C3CCC(/C=C/C4CCC(OC)C=C4F)CC3)c(F)c2F)cc1. The average molecular weight is 453 g/mol. The molecular formula is C29H31F3O. The molecule has 0 radical (unpaired) electrons. The molecule has 2 unspecified atom stereocenters. The van der Waals surface area contributed by atoms with E-state index in [9.17, 15) is 8.78 Å². The van der Waals surface area contributed by atoms with Crippen LogP contribution in [0.5, 0.6) is 0 Å². The number of ether oxygens (including phenoxy) is 1. The third-order valence-corrected chi connectivity index (χ3v) is 7.16. The van der Waals surface area contributed by atoms with E-state index in [1.54, 1.807) is 43.5 Å². The molecule has 174 valence electrons. The zero-order valence-corrected chi connectivity index (χ0v) is 19.1. The van der Waals surface area contributed by atoms with Crippen LogP contribution in [0.25, 0.3) is 17.2 Å². The minimum Gasteiger partial charge on any atom is -0.377 e. The van der Waals surface area contributed by atoms with Gasteiger partial charge in [-0.3, -0.25) is 0 Å². The van der Waals surface area contributed by atoms with Gasteiger partial charge in [-0.2, -0.15) is 0 Å². The highest BCUT2D eigenvalue weighted by molar-refractivity contribution is 5.66. The summed E-state index contributed by atoms with van der Waals surface area (Å²) in [5.41, 5.74) is 2.33. The van der Waals surface area contributed by atoms with Crippen molar-refractivity contribution in [1.29, 1.82) is 0 Å². The van der Waals surface area contributed by atoms with E-state index in [4.69, 9.17) is 4.74 Å². The van der Waals surface area contributed by atoms with Gasteiger partial charge >= 0.3 is 0 Å². The lowest BCUT2D eigenvalue weighted by molar-refractivity contribution is 0.119. The van der Waals surface area contributed by atoms with Crippen LogP contribution in [-0.2, 0) is 4.74 Å². The maximum Gasteiger partial charge on any atom is 0.166 e. The molecule has 1 saturated carbocycles. The molecule has 2 aromatic rings.